The quantitative estimate of drug-likeness (QED) is 0.728. The summed E-state index contributed by atoms with van der Waals surface area (Å²) in [4.78, 5) is 33.5. The Hall–Kier alpha value is -3.09. The van der Waals surface area contributed by atoms with Crippen molar-refractivity contribution in [1.82, 2.24) is 0 Å². The third-order valence-electron chi connectivity index (χ3n) is 2.46. The molecular weight excluding hydrogens is 276 g/mol. The zero-order valence-electron chi connectivity index (χ0n) is 10.8. The Morgan fingerprint density at radius 1 is 1.05 bits per heavy atom. The van der Waals surface area contributed by atoms with E-state index in [1.807, 2.05) is 0 Å². The third-order valence-corrected chi connectivity index (χ3v) is 2.46. The lowest BCUT2D eigenvalue weighted by Crippen LogP contribution is -2.16. The van der Waals surface area contributed by atoms with E-state index in [4.69, 9.17) is 9.52 Å². The number of rotatable bonds is 5. The molecule has 2 amide bonds. The number of amides is 2. The third kappa shape index (κ3) is 4.20. The number of hydrogen-bond donors (Lipinski definition) is 3. The normalized spacial score (nSPS) is 9.90. The number of aliphatic carboxylic acids is 1. The molecule has 2 aromatic rings. The van der Waals surface area contributed by atoms with Gasteiger partial charge in [-0.05, 0) is 30.3 Å². The van der Waals surface area contributed by atoms with Crippen LogP contribution in [0.1, 0.15) is 17.0 Å². The molecular formula is C14H12N2O5. The summed E-state index contributed by atoms with van der Waals surface area (Å²) in [5.74, 6) is -2.11. The van der Waals surface area contributed by atoms with Gasteiger partial charge in [-0.15, -0.1) is 0 Å². The lowest BCUT2D eigenvalue weighted by Gasteiger charge is -2.07. The number of benzene rings is 1. The molecule has 0 spiro atoms. The van der Waals surface area contributed by atoms with Crippen LogP contribution in [0.15, 0.2) is 47.1 Å². The predicted molar refractivity (Wildman–Crippen MR) is 74.0 cm³/mol. The number of carboxylic acid groups (broad SMARTS) is 1. The highest BCUT2D eigenvalue weighted by Crippen LogP contribution is 2.16. The first-order valence-electron chi connectivity index (χ1n) is 6.01. The SMILES string of the molecule is O=C(O)CC(=O)Nc1cccc(NC(=O)c2ccco2)c1. The average molecular weight is 288 g/mol. The summed E-state index contributed by atoms with van der Waals surface area (Å²) in [6.45, 7) is 0. The number of carbonyl (C=O) groups is 3. The largest absolute Gasteiger partial charge is 0.481 e. The van der Waals surface area contributed by atoms with E-state index >= 15 is 0 Å². The van der Waals surface area contributed by atoms with Gasteiger partial charge in [0.2, 0.25) is 5.91 Å². The standard InChI is InChI=1S/C14H12N2O5/c17-12(8-13(18)19)15-9-3-1-4-10(7-9)16-14(20)11-5-2-6-21-11/h1-7H,8H2,(H,15,17)(H,16,20)(H,18,19). The van der Waals surface area contributed by atoms with Crippen LogP contribution in [0.4, 0.5) is 11.4 Å². The van der Waals surface area contributed by atoms with Gasteiger partial charge in [0.1, 0.15) is 6.42 Å². The number of carboxylic acids is 1. The van der Waals surface area contributed by atoms with Gasteiger partial charge in [0.15, 0.2) is 5.76 Å². The van der Waals surface area contributed by atoms with Gasteiger partial charge in [-0.25, -0.2) is 0 Å². The van der Waals surface area contributed by atoms with Crippen LogP contribution in [0.3, 0.4) is 0 Å². The molecule has 0 atom stereocenters. The van der Waals surface area contributed by atoms with Crippen LogP contribution in [-0.4, -0.2) is 22.9 Å². The Kier molecular flexibility index (Phi) is 4.35. The van der Waals surface area contributed by atoms with Crippen LogP contribution in [0.2, 0.25) is 0 Å². The van der Waals surface area contributed by atoms with Crippen LogP contribution >= 0.6 is 0 Å². The van der Waals surface area contributed by atoms with E-state index in [9.17, 15) is 14.4 Å². The second-order valence-corrected chi connectivity index (χ2v) is 4.13. The Bertz CT molecular complexity index is 664. The summed E-state index contributed by atoms with van der Waals surface area (Å²) in [6, 6.07) is 9.47. The van der Waals surface area contributed by atoms with Crippen molar-refractivity contribution in [3.05, 3.63) is 48.4 Å². The Balaban J connectivity index is 2.02. The summed E-state index contributed by atoms with van der Waals surface area (Å²) in [5, 5.41) is 13.5. The minimum atomic E-state index is -1.21. The van der Waals surface area contributed by atoms with Gasteiger partial charge >= 0.3 is 5.97 Å². The molecule has 3 N–H and O–H groups in total. The van der Waals surface area contributed by atoms with Gasteiger partial charge in [0.25, 0.3) is 5.91 Å². The van der Waals surface area contributed by atoms with Gasteiger partial charge < -0.3 is 20.2 Å². The van der Waals surface area contributed by atoms with Gasteiger partial charge in [-0.3, -0.25) is 14.4 Å². The highest BCUT2D eigenvalue weighted by atomic mass is 16.4. The number of carbonyl (C=O) groups excluding carboxylic acids is 2. The molecule has 21 heavy (non-hydrogen) atoms. The van der Waals surface area contributed by atoms with Crippen molar-refractivity contribution in [2.24, 2.45) is 0 Å². The molecule has 0 saturated heterocycles. The van der Waals surface area contributed by atoms with E-state index in [0.717, 1.165) is 0 Å². The maximum Gasteiger partial charge on any atom is 0.312 e. The maximum absolute atomic E-state index is 11.8. The fourth-order valence-corrected chi connectivity index (χ4v) is 1.62. The minimum Gasteiger partial charge on any atom is -0.481 e. The van der Waals surface area contributed by atoms with Crippen LogP contribution in [-0.2, 0) is 9.59 Å². The molecule has 0 saturated carbocycles. The molecule has 0 aliphatic carbocycles. The van der Waals surface area contributed by atoms with E-state index in [0.29, 0.717) is 11.4 Å². The highest BCUT2D eigenvalue weighted by Gasteiger charge is 2.10. The first kappa shape index (κ1) is 14.3. The molecule has 0 aliphatic heterocycles. The second-order valence-electron chi connectivity index (χ2n) is 4.13. The Morgan fingerprint density at radius 2 is 1.76 bits per heavy atom. The van der Waals surface area contributed by atoms with E-state index < -0.39 is 24.2 Å². The monoisotopic (exact) mass is 288 g/mol. The van der Waals surface area contributed by atoms with Crippen LogP contribution in [0.5, 0.6) is 0 Å². The van der Waals surface area contributed by atoms with Crippen LogP contribution < -0.4 is 10.6 Å². The first-order chi connectivity index (χ1) is 10.0. The zero-order chi connectivity index (χ0) is 15.2. The van der Waals surface area contributed by atoms with E-state index in [1.54, 1.807) is 24.3 Å². The Labute approximate surface area is 119 Å². The van der Waals surface area contributed by atoms with Gasteiger partial charge in [-0.1, -0.05) is 6.07 Å². The summed E-state index contributed by atoms with van der Waals surface area (Å²) < 4.78 is 4.96. The summed E-state index contributed by atoms with van der Waals surface area (Å²) >= 11 is 0. The number of furan rings is 1. The average Bonchev–Trinajstić information content (AvgIpc) is 2.91. The molecule has 7 heteroatoms. The van der Waals surface area contributed by atoms with Crippen molar-refractivity contribution in [3.8, 4) is 0 Å². The molecule has 2 rings (SSSR count). The molecule has 7 nitrogen and oxygen atoms in total. The highest BCUT2D eigenvalue weighted by molar-refractivity contribution is 6.04. The molecule has 0 aliphatic rings. The van der Waals surface area contributed by atoms with Crippen LogP contribution in [0, 0.1) is 0 Å². The second kappa shape index (κ2) is 6.38. The molecule has 0 fully saturated rings. The van der Waals surface area contributed by atoms with Crippen molar-refractivity contribution in [2.45, 2.75) is 6.42 Å². The van der Waals surface area contributed by atoms with Gasteiger partial charge in [0, 0.05) is 11.4 Å². The molecule has 1 aromatic heterocycles. The van der Waals surface area contributed by atoms with E-state index in [-0.39, 0.29) is 5.76 Å². The van der Waals surface area contributed by atoms with Crippen molar-refractivity contribution >= 4 is 29.2 Å². The number of anilines is 2. The van der Waals surface area contributed by atoms with Crippen LogP contribution in [0.25, 0.3) is 0 Å². The molecule has 0 bridgehead atoms. The smallest absolute Gasteiger partial charge is 0.312 e. The molecule has 1 heterocycles. The topological polar surface area (TPSA) is 109 Å². The van der Waals surface area contributed by atoms with E-state index in [2.05, 4.69) is 10.6 Å². The predicted octanol–water partition coefficient (Wildman–Crippen LogP) is 1.95. The van der Waals surface area contributed by atoms with Crippen molar-refractivity contribution in [1.29, 1.82) is 0 Å². The summed E-state index contributed by atoms with van der Waals surface area (Å²) in [6.07, 6.45) is 0.764. The zero-order valence-corrected chi connectivity index (χ0v) is 10.8. The number of nitrogens with one attached hydrogen (secondary N) is 2. The van der Waals surface area contributed by atoms with Gasteiger partial charge in [0.05, 0.1) is 6.26 Å². The van der Waals surface area contributed by atoms with Crippen molar-refractivity contribution in [2.75, 3.05) is 10.6 Å². The van der Waals surface area contributed by atoms with Gasteiger partial charge in [-0.2, -0.15) is 0 Å². The lowest BCUT2D eigenvalue weighted by atomic mass is 10.2. The molecule has 108 valence electrons. The lowest BCUT2D eigenvalue weighted by molar-refractivity contribution is -0.139. The Morgan fingerprint density at radius 3 is 2.38 bits per heavy atom. The fourth-order valence-electron chi connectivity index (χ4n) is 1.62. The first-order valence-corrected chi connectivity index (χ1v) is 6.01. The summed E-state index contributed by atoms with van der Waals surface area (Å²) in [5.41, 5.74) is 0.836. The molecule has 0 radical (unpaired) electrons. The molecule has 1 aromatic carbocycles. The fraction of sp³-hybridized carbons (Fsp3) is 0.0714. The minimum absolute atomic E-state index is 0.162. The van der Waals surface area contributed by atoms with Crippen molar-refractivity contribution < 1.29 is 23.9 Å². The number of hydrogen-bond acceptors (Lipinski definition) is 4. The maximum atomic E-state index is 11.8. The van der Waals surface area contributed by atoms with E-state index in [1.165, 1.54) is 18.4 Å². The molecule has 0 unspecified atom stereocenters. The summed E-state index contributed by atoms with van der Waals surface area (Å²) in [7, 11) is 0. The van der Waals surface area contributed by atoms with Crippen molar-refractivity contribution in [3.63, 3.8) is 0 Å².